The molecule has 0 aliphatic heterocycles. The Morgan fingerprint density at radius 2 is 2.19 bits per heavy atom. The number of aliphatic imine (C=N–C) groups is 1. The molecule has 3 N–H and O–H groups in total. The van der Waals surface area contributed by atoms with Crippen molar-refractivity contribution in [3.8, 4) is 18.2 Å². The summed E-state index contributed by atoms with van der Waals surface area (Å²) in [5.41, 5.74) is 5.84. The predicted octanol–water partition coefficient (Wildman–Crippen LogP) is 3.23. The first-order valence-electron chi connectivity index (χ1n) is 8.96. The standard InChI is InChI=1S/C20H20F3N5O2S/c1-4-5-30-16-9-25-18(12(3)27-16)19(29)28-14-7-13(17(23)15(22)8-14)6-11(2)31-20(24)26-10-21/h1,7-9,11H,5-6,10H2,2-3H3,(H2,24,26)(H,28,29)/t11-/m1/s1. The number of terminal acetylenes is 1. The smallest absolute Gasteiger partial charge is 0.276 e. The number of nitrogens with one attached hydrogen (secondary N) is 1. The van der Waals surface area contributed by atoms with Gasteiger partial charge in [-0.05, 0) is 25.0 Å². The lowest BCUT2D eigenvalue weighted by atomic mass is 10.1. The average Bonchev–Trinajstić information content (AvgIpc) is 2.70. The molecule has 0 saturated heterocycles. The van der Waals surface area contributed by atoms with Crippen LogP contribution in [0.5, 0.6) is 5.88 Å². The number of benzene rings is 1. The third kappa shape index (κ3) is 6.89. The molecule has 0 unspecified atom stereocenters. The van der Waals surface area contributed by atoms with E-state index in [0.29, 0.717) is 0 Å². The number of rotatable bonds is 8. The van der Waals surface area contributed by atoms with Crippen LogP contribution in [-0.2, 0) is 6.42 Å². The minimum absolute atomic E-state index is 0.000709. The van der Waals surface area contributed by atoms with Crippen molar-refractivity contribution in [1.29, 1.82) is 0 Å². The minimum atomic E-state index is -1.13. The van der Waals surface area contributed by atoms with Crippen LogP contribution < -0.4 is 15.8 Å². The Kier molecular flexibility index (Phi) is 8.69. The molecule has 0 aliphatic carbocycles. The number of ether oxygens (including phenoxy) is 1. The molecule has 0 spiro atoms. The number of aryl methyl sites for hydroxylation is 1. The van der Waals surface area contributed by atoms with Crippen molar-refractivity contribution in [2.75, 3.05) is 18.7 Å². The van der Waals surface area contributed by atoms with E-state index in [9.17, 15) is 18.0 Å². The molecule has 0 aliphatic rings. The molecule has 164 valence electrons. The number of halogens is 3. The van der Waals surface area contributed by atoms with Crippen LogP contribution in [0.25, 0.3) is 0 Å². The van der Waals surface area contributed by atoms with Gasteiger partial charge in [0, 0.05) is 17.0 Å². The first-order chi connectivity index (χ1) is 14.7. The van der Waals surface area contributed by atoms with E-state index in [1.807, 2.05) is 0 Å². The maximum Gasteiger partial charge on any atom is 0.276 e. The quantitative estimate of drug-likeness (QED) is 0.277. The van der Waals surface area contributed by atoms with Crippen molar-refractivity contribution in [1.82, 2.24) is 9.97 Å². The number of carbonyl (C=O) groups is 1. The number of thioether (sulfide) groups is 1. The van der Waals surface area contributed by atoms with Crippen molar-refractivity contribution in [3.63, 3.8) is 0 Å². The maximum absolute atomic E-state index is 14.2. The van der Waals surface area contributed by atoms with Crippen molar-refractivity contribution in [2.45, 2.75) is 25.5 Å². The fourth-order valence-corrected chi connectivity index (χ4v) is 3.38. The number of carbonyl (C=O) groups excluding carboxylic acids is 1. The molecule has 1 heterocycles. The van der Waals surface area contributed by atoms with Crippen molar-refractivity contribution in [3.05, 3.63) is 46.9 Å². The zero-order chi connectivity index (χ0) is 23.0. The lowest BCUT2D eigenvalue weighted by molar-refractivity contribution is 0.102. The number of alkyl halides is 1. The number of aromatic nitrogens is 2. The van der Waals surface area contributed by atoms with Gasteiger partial charge in [0.25, 0.3) is 5.91 Å². The lowest BCUT2D eigenvalue weighted by Crippen LogP contribution is -2.18. The minimum Gasteiger partial charge on any atom is -0.463 e. The van der Waals surface area contributed by atoms with Crippen LogP contribution in [0.4, 0.5) is 18.9 Å². The summed E-state index contributed by atoms with van der Waals surface area (Å²) < 4.78 is 45.7. The normalized spacial score (nSPS) is 12.2. The van der Waals surface area contributed by atoms with Gasteiger partial charge in [-0.3, -0.25) is 4.79 Å². The highest BCUT2D eigenvalue weighted by Crippen LogP contribution is 2.24. The molecule has 0 radical (unpaired) electrons. The van der Waals surface area contributed by atoms with Gasteiger partial charge in [-0.1, -0.05) is 24.6 Å². The van der Waals surface area contributed by atoms with Crippen LogP contribution in [0, 0.1) is 30.9 Å². The number of hydrogen-bond donors (Lipinski definition) is 2. The molecule has 0 bridgehead atoms. The van der Waals surface area contributed by atoms with Crippen LogP contribution in [0.1, 0.15) is 28.7 Å². The number of nitrogens with two attached hydrogens (primary N) is 1. The van der Waals surface area contributed by atoms with Crippen LogP contribution in [0.2, 0.25) is 0 Å². The van der Waals surface area contributed by atoms with Gasteiger partial charge in [-0.2, -0.15) is 0 Å². The molecule has 7 nitrogen and oxygen atoms in total. The van der Waals surface area contributed by atoms with Gasteiger partial charge in [-0.15, -0.1) is 6.42 Å². The number of anilines is 1. The number of amidine groups is 1. The average molecular weight is 451 g/mol. The summed E-state index contributed by atoms with van der Waals surface area (Å²) in [4.78, 5) is 24.0. The molecule has 1 atom stereocenters. The van der Waals surface area contributed by atoms with Gasteiger partial charge in [0.2, 0.25) is 5.88 Å². The molecular weight excluding hydrogens is 431 g/mol. The molecule has 1 aromatic carbocycles. The summed E-state index contributed by atoms with van der Waals surface area (Å²) in [7, 11) is 0. The summed E-state index contributed by atoms with van der Waals surface area (Å²) in [6.45, 7) is 2.29. The Hall–Kier alpha value is -3.26. The molecule has 0 saturated carbocycles. The Morgan fingerprint density at radius 1 is 1.45 bits per heavy atom. The van der Waals surface area contributed by atoms with Crippen LogP contribution >= 0.6 is 11.8 Å². The number of amides is 1. The third-order valence-electron chi connectivity index (χ3n) is 3.85. The second-order valence-corrected chi connectivity index (χ2v) is 7.73. The van der Waals surface area contributed by atoms with Gasteiger partial charge in [-0.25, -0.2) is 28.1 Å². The van der Waals surface area contributed by atoms with E-state index in [0.717, 1.165) is 17.8 Å². The highest BCUT2D eigenvalue weighted by Gasteiger charge is 2.18. The van der Waals surface area contributed by atoms with E-state index in [1.54, 1.807) is 13.8 Å². The molecule has 2 aromatic rings. The molecular formula is C20H20F3N5O2S. The van der Waals surface area contributed by atoms with Gasteiger partial charge in [0.1, 0.15) is 5.69 Å². The van der Waals surface area contributed by atoms with Gasteiger partial charge >= 0.3 is 0 Å². The van der Waals surface area contributed by atoms with Crippen molar-refractivity contribution in [2.24, 2.45) is 10.7 Å². The van der Waals surface area contributed by atoms with E-state index in [-0.39, 0.29) is 52.0 Å². The van der Waals surface area contributed by atoms with Crippen LogP contribution in [0.15, 0.2) is 23.3 Å². The maximum atomic E-state index is 14.2. The molecule has 1 aromatic heterocycles. The monoisotopic (exact) mass is 451 g/mol. The highest BCUT2D eigenvalue weighted by molar-refractivity contribution is 8.14. The largest absolute Gasteiger partial charge is 0.463 e. The van der Waals surface area contributed by atoms with Gasteiger partial charge in [0.05, 0.1) is 11.9 Å². The lowest BCUT2D eigenvalue weighted by Gasteiger charge is -2.14. The van der Waals surface area contributed by atoms with Crippen molar-refractivity contribution < 1.29 is 22.7 Å². The predicted molar refractivity (Wildman–Crippen MR) is 114 cm³/mol. The molecule has 1 amide bonds. The Morgan fingerprint density at radius 3 is 2.84 bits per heavy atom. The van der Waals surface area contributed by atoms with E-state index in [1.165, 1.54) is 12.3 Å². The Bertz CT molecular complexity index is 1030. The summed E-state index contributed by atoms with van der Waals surface area (Å²) in [6, 6.07) is 2.17. The molecule has 2 rings (SSSR count). The van der Waals surface area contributed by atoms with E-state index in [4.69, 9.17) is 16.9 Å². The molecule has 11 heteroatoms. The second-order valence-electron chi connectivity index (χ2n) is 6.27. The van der Waals surface area contributed by atoms with E-state index >= 15 is 0 Å². The van der Waals surface area contributed by atoms with Crippen LogP contribution in [0.3, 0.4) is 0 Å². The zero-order valence-corrected chi connectivity index (χ0v) is 17.6. The molecule has 0 fully saturated rings. The second kappa shape index (κ2) is 11.2. The number of hydrogen-bond acceptors (Lipinski definition) is 6. The fourth-order valence-electron chi connectivity index (χ4n) is 2.58. The Labute approximate surface area is 181 Å². The third-order valence-corrected chi connectivity index (χ3v) is 4.79. The molecule has 31 heavy (non-hydrogen) atoms. The Balaban J connectivity index is 2.17. The van der Waals surface area contributed by atoms with Gasteiger partial charge < -0.3 is 15.8 Å². The van der Waals surface area contributed by atoms with E-state index in [2.05, 4.69) is 26.2 Å². The SMILES string of the molecule is C#CCOc1cnc(C(=O)Nc2cc(F)c(F)c(C[C@@H](C)S/C(N)=N\CF)c2)c(C)n1. The number of nitrogens with zero attached hydrogens (tertiary/aromatic N) is 3. The first-order valence-corrected chi connectivity index (χ1v) is 9.84. The highest BCUT2D eigenvalue weighted by atomic mass is 32.2. The van der Waals surface area contributed by atoms with Gasteiger partial charge in [0.15, 0.2) is 30.2 Å². The van der Waals surface area contributed by atoms with E-state index < -0.39 is 24.3 Å². The van der Waals surface area contributed by atoms with Crippen molar-refractivity contribution >= 4 is 28.5 Å². The fraction of sp³-hybridized carbons (Fsp3) is 0.300. The summed E-state index contributed by atoms with van der Waals surface area (Å²) in [6.07, 6.45) is 6.41. The first kappa shape index (κ1) is 24.0. The summed E-state index contributed by atoms with van der Waals surface area (Å²) >= 11 is 1.03. The summed E-state index contributed by atoms with van der Waals surface area (Å²) in [5, 5.41) is 2.16. The van der Waals surface area contributed by atoms with Crippen LogP contribution in [-0.4, -0.2) is 39.7 Å². The zero-order valence-electron chi connectivity index (χ0n) is 16.8. The summed E-state index contributed by atoms with van der Waals surface area (Å²) in [5.74, 6) is -0.392. The topological polar surface area (TPSA) is 102 Å².